The molecule has 360 valence electrons. The van der Waals surface area contributed by atoms with Crippen LogP contribution in [0.25, 0.3) is 0 Å². The average molecular weight is 1070 g/mol. The number of piperazine rings is 1. The van der Waals surface area contributed by atoms with Gasteiger partial charge in [-0.2, -0.15) is 4.31 Å². The summed E-state index contributed by atoms with van der Waals surface area (Å²) in [5, 5.41) is 3.82. The van der Waals surface area contributed by atoms with E-state index < -0.39 is 36.8 Å². The summed E-state index contributed by atoms with van der Waals surface area (Å²) in [7, 11) is -6.84. The molecule has 0 radical (unpaired) electrons. The van der Waals surface area contributed by atoms with Crippen LogP contribution >= 0.6 is 69.6 Å². The fraction of sp³-hybridized carbons (Fsp3) is 0.422. The molecule has 0 bridgehead atoms. The fourth-order valence-electron chi connectivity index (χ4n) is 7.77. The summed E-state index contributed by atoms with van der Waals surface area (Å²) in [5.74, 6) is 1.06. The van der Waals surface area contributed by atoms with Crippen molar-refractivity contribution >= 4 is 107 Å². The first-order valence-corrected chi connectivity index (χ1v) is 27.1. The highest BCUT2D eigenvalue weighted by Gasteiger charge is 2.50. The number of hydrogen-bond acceptors (Lipinski definition) is 9. The maximum Gasteiger partial charge on any atom is 0.260 e. The lowest BCUT2D eigenvalue weighted by atomic mass is 9.53. The maximum atomic E-state index is 13.2. The Morgan fingerprint density at radius 2 is 1.09 bits per heavy atom. The Bertz CT molecular complexity index is 2520. The van der Waals surface area contributed by atoms with E-state index in [0.29, 0.717) is 52.9 Å². The molecule has 13 nitrogen and oxygen atoms in total. The third kappa shape index (κ3) is 13.3. The molecule has 1 aliphatic heterocycles. The molecule has 1 fully saturated rings. The van der Waals surface area contributed by atoms with E-state index in [0.717, 1.165) is 23.6 Å². The predicted molar refractivity (Wildman–Crippen MR) is 265 cm³/mol. The second-order valence-electron chi connectivity index (χ2n) is 16.0. The first-order valence-electron chi connectivity index (χ1n) is 20.8. The molecule has 66 heavy (non-hydrogen) atoms. The highest BCUT2D eigenvalue weighted by molar-refractivity contribution is 7.88. The number of carbonyl (C=O) groups is 2. The number of sulfonamides is 2. The maximum absolute atomic E-state index is 13.2. The summed E-state index contributed by atoms with van der Waals surface area (Å²) < 4.78 is 68.7. The molecule has 2 atom stereocenters. The standard InChI is InChI=1S/C45H52Cl6N4O9S2/c1-44(32-25-36(48)42(37(49)26-32)62-23-5-16-46,30-7-11-34(12-8-30)53-40(56)15-18-52-65(3,58)59)45(2,33-27-38(50)43(39(51)28-33)63-24-6-17-47)31-9-13-35(14-10-31)64-29-41(57)54-19-21-55(22-20-54)66(4,60)61/h7-14,25-28,52H,5-6,15-24,29H2,1-4H3,(H,53,56). The highest BCUT2D eigenvalue weighted by atomic mass is 35.5. The Labute approximate surface area is 417 Å². The van der Waals surface area contributed by atoms with Gasteiger partial charge in [-0.25, -0.2) is 21.6 Å². The molecule has 0 aromatic heterocycles. The second-order valence-corrected chi connectivity index (χ2v) is 22.2. The van der Waals surface area contributed by atoms with Crippen molar-refractivity contribution in [1.82, 2.24) is 13.9 Å². The minimum atomic E-state index is -3.48. The Balaban J connectivity index is 1.62. The molecular weight excluding hydrogens is 1020 g/mol. The molecule has 2 amide bonds. The minimum Gasteiger partial charge on any atom is -0.490 e. The summed E-state index contributed by atoms with van der Waals surface area (Å²) >= 11 is 39.9. The van der Waals surface area contributed by atoms with Gasteiger partial charge < -0.3 is 24.4 Å². The number of rotatable bonds is 22. The molecule has 2 N–H and O–H groups in total. The first-order chi connectivity index (χ1) is 31.1. The zero-order chi connectivity index (χ0) is 48.5. The summed E-state index contributed by atoms with van der Waals surface area (Å²) in [4.78, 5) is 27.6. The van der Waals surface area contributed by atoms with Gasteiger partial charge in [-0.15, -0.1) is 23.2 Å². The number of nitrogens with zero attached hydrogens (tertiary/aromatic N) is 2. The normalized spacial score (nSPS) is 15.4. The van der Waals surface area contributed by atoms with Crippen molar-refractivity contribution in [3.63, 3.8) is 0 Å². The summed E-state index contributed by atoms with van der Waals surface area (Å²) in [6.07, 6.45) is 3.20. The van der Waals surface area contributed by atoms with Crippen LogP contribution in [0.3, 0.4) is 0 Å². The molecular formula is C45H52Cl6N4O9S2. The van der Waals surface area contributed by atoms with Crippen LogP contribution in [0, 0.1) is 0 Å². The number of ether oxygens (including phenoxy) is 3. The summed E-state index contributed by atoms with van der Waals surface area (Å²) in [5.41, 5.74) is 1.01. The first kappa shape index (κ1) is 53.7. The van der Waals surface area contributed by atoms with Gasteiger partial charge >= 0.3 is 0 Å². The van der Waals surface area contributed by atoms with E-state index in [9.17, 15) is 26.4 Å². The fourth-order valence-corrected chi connectivity index (χ4v) is 10.5. The lowest BCUT2D eigenvalue weighted by Gasteiger charge is -2.49. The predicted octanol–water partition coefficient (Wildman–Crippen LogP) is 8.99. The van der Waals surface area contributed by atoms with E-state index in [1.807, 2.05) is 38.1 Å². The van der Waals surface area contributed by atoms with Crippen LogP contribution in [-0.4, -0.2) is 115 Å². The third-order valence-corrected chi connectivity index (χ3v) is 15.2. The SMILES string of the molecule is CC(c1ccc(NC(=O)CCNS(C)(=O)=O)cc1)(c1cc(Cl)c(OCCCCl)c(Cl)c1)C(C)(c1ccc(OCC(=O)N2CCN(S(C)(=O)=O)CC2)cc1)c1cc(Cl)c(OCCCCl)c(Cl)c1. The molecule has 4 aromatic rings. The van der Waals surface area contributed by atoms with Crippen molar-refractivity contribution < 1.29 is 40.6 Å². The molecule has 2 unspecified atom stereocenters. The number of amides is 2. The number of carbonyl (C=O) groups excluding carboxylic acids is 2. The summed E-state index contributed by atoms with van der Waals surface area (Å²) in [6.45, 7) is 5.17. The van der Waals surface area contributed by atoms with Crippen LogP contribution in [0.15, 0.2) is 72.8 Å². The second kappa shape index (κ2) is 23.4. The van der Waals surface area contributed by atoms with Gasteiger partial charge in [0.15, 0.2) is 18.1 Å². The molecule has 21 heteroatoms. The van der Waals surface area contributed by atoms with Crippen molar-refractivity contribution in [2.75, 3.05) is 82.1 Å². The largest absolute Gasteiger partial charge is 0.490 e. The van der Waals surface area contributed by atoms with Crippen LogP contribution in [0.2, 0.25) is 20.1 Å². The van der Waals surface area contributed by atoms with E-state index in [4.69, 9.17) is 83.8 Å². The van der Waals surface area contributed by atoms with Crippen molar-refractivity contribution in [2.24, 2.45) is 0 Å². The van der Waals surface area contributed by atoms with Crippen LogP contribution in [-0.2, 0) is 40.5 Å². The third-order valence-electron chi connectivity index (χ3n) is 11.5. The average Bonchev–Trinajstić information content (AvgIpc) is 3.26. The number of anilines is 1. The van der Waals surface area contributed by atoms with Crippen molar-refractivity contribution in [2.45, 2.75) is 43.9 Å². The Morgan fingerprint density at radius 3 is 1.50 bits per heavy atom. The topological polar surface area (TPSA) is 161 Å². The van der Waals surface area contributed by atoms with Gasteiger partial charge in [-0.3, -0.25) is 9.59 Å². The number of alkyl halides is 2. The van der Waals surface area contributed by atoms with Crippen molar-refractivity contribution in [1.29, 1.82) is 0 Å². The van der Waals surface area contributed by atoms with E-state index in [1.165, 1.54) is 4.31 Å². The van der Waals surface area contributed by atoms with E-state index in [1.54, 1.807) is 53.4 Å². The Hall–Kier alpha value is -3.22. The van der Waals surface area contributed by atoms with Gasteiger partial charge in [-0.05, 0) is 83.6 Å². The lowest BCUT2D eigenvalue weighted by molar-refractivity contribution is -0.134. The molecule has 1 aliphatic rings. The molecule has 1 heterocycles. The van der Waals surface area contributed by atoms with Crippen molar-refractivity contribution in [3.05, 3.63) is 115 Å². The number of nitrogens with one attached hydrogen (secondary N) is 2. The molecule has 5 rings (SSSR count). The number of halogens is 6. The van der Waals surface area contributed by atoms with Crippen LogP contribution in [0.1, 0.15) is 55.4 Å². The molecule has 0 spiro atoms. The van der Waals surface area contributed by atoms with Crippen LogP contribution in [0.4, 0.5) is 5.69 Å². The zero-order valence-corrected chi connectivity index (χ0v) is 42.9. The van der Waals surface area contributed by atoms with Crippen molar-refractivity contribution in [3.8, 4) is 17.2 Å². The highest BCUT2D eigenvalue weighted by Crippen LogP contribution is 2.56. The van der Waals surface area contributed by atoms with Crippen LogP contribution < -0.4 is 24.2 Å². The molecule has 1 saturated heterocycles. The van der Waals surface area contributed by atoms with Crippen LogP contribution in [0.5, 0.6) is 17.2 Å². The minimum absolute atomic E-state index is 0.0708. The quantitative estimate of drug-likeness (QED) is 0.0579. The van der Waals surface area contributed by atoms with Gasteiger partial charge in [0.05, 0.1) is 45.8 Å². The monoisotopic (exact) mass is 1070 g/mol. The lowest BCUT2D eigenvalue weighted by Crippen LogP contribution is -2.51. The van der Waals surface area contributed by atoms with Gasteiger partial charge in [-0.1, -0.05) is 84.5 Å². The van der Waals surface area contributed by atoms with E-state index in [-0.39, 0.29) is 90.7 Å². The van der Waals surface area contributed by atoms with E-state index >= 15 is 0 Å². The smallest absolute Gasteiger partial charge is 0.260 e. The summed E-state index contributed by atoms with van der Waals surface area (Å²) in [6, 6.07) is 21.6. The van der Waals surface area contributed by atoms with Gasteiger partial charge in [0, 0.05) is 67.4 Å². The van der Waals surface area contributed by atoms with E-state index in [2.05, 4.69) is 10.0 Å². The number of hydrogen-bond donors (Lipinski definition) is 2. The van der Waals surface area contributed by atoms with Gasteiger partial charge in [0.1, 0.15) is 5.75 Å². The molecule has 0 saturated carbocycles. The zero-order valence-electron chi connectivity index (χ0n) is 36.8. The molecule has 4 aromatic carbocycles. The molecule has 0 aliphatic carbocycles. The Morgan fingerprint density at radius 1 is 0.652 bits per heavy atom. The Kier molecular flexibility index (Phi) is 19.0. The number of benzene rings is 4. The van der Waals surface area contributed by atoms with Gasteiger partial charge in [0.25, 0.3) is 5.91 Å². The van der Waals surface area contributed by atoms with Gasteiger partial charge in [0.2, 0.25) is 26.0 Å².